The van der Waals surface area contributed by atoms with Gasteiger partial charge in [-0.15, -0.1) is 0 Å². The molecule has 1 amide bonds. The van der Waals surface area contributed by atoms with Crippen LogP contribution in [0.25, 0.3) is 11.3 Å². The third-order valence-corrected chi connectivity index (χ3v) is 4.17. The lowest BCUT2D eigenvalue weighted by atomic mass is 10.1. The standard InChI is InChI=1S/C19H14ClF3N2O3/c1-27-14-5-2-11(3-6-14)17-9-13(25-28-17)10-18(26)24-16-8-12(19(21,22)23)4-7-15(16)20/h2-9H,10H2,1H3,(H,24,26). The lowest BCUT2D eigenvalue weighted by Crippen LogP contribution is -2.15. The van der Waals surface area contributed by atoms with E-state index in [0.29, 0.717) is 17.2 Å². The van der Waals surface area contributed by atoms with Crippen molar-refractivity contribution >= 4 is 23.2 Å². The van der Waals surface area contributed by atoms with E-state index < -0.39 is 17.6 Å². The fraction of sp³-hybridized carbons (Fsp3) is 0.158. The van der Waals surface area contributed by atoms with Gasteiger partial charge in [-0.25, -0.2) is 0 Å². The van der Waals surface area contributed by atoms with Crippen LogP contribution in [0.4, 0.5) is 18.9 Å². The minimum absolute atomic E-state index is 0.000393. The normalized spacial score (nSPS) is 11.3. The van der Waals surface area contributed by atoms with Gasteiger partial charge in [0.15, 0.2) is 5.76 Å². The van der Waals surface area contributed by atoms with E-state index in [4.69, 9.17) is 20.9 Å². The number of anilines is 1. The molecule has 3 rings (SSSR count). The van der Waals surface area contributed by atoms with Crippen molar-refractivity contribution in [3.63, 3.8) is 0 Å². The molecule has 2 aromatic carbocycles. The van der Waals surface area contributed by atoms with Gasteiger partial charge in [0.2, 0.25) is 5.91 Å². The zero-order valence-electron chi connectivity index (χ0n) is 14.5. The zero-order valence-corrected chi connectivity index (χ0v) is 15.3. The summed E-state index contributed by atoms with van der Waals surface area (Å²) in [6.45, 7) is 0. The van der Waals surface area contributed by atoms with Crippen molar-refractivity contribution in [2.24, 2.45) is 0 Å². The third-order valence-electron chi connectivity index (χ3n) is 3.84. The van der Waals surface area contributed by atoms with E-state index in [9.17, 15) is 18.0 Å². The monoisotopic (exact) mass is 410 g/mol. The van der Waals surface area contributed by atoms with Gasteiger partial charge >= 0.3 is 6.18 Å². The molecule has 3 aromatic rings. The molecule has 0 bridgehead atoms. The number of nitrogens with zero attached hydrogens (tertiary/aromatic N) is 1. The lowest BCUT2D eigenvalue weighted by Gasteiger charge is -2.11. The molecule has 0 radical (unpaired) electrons. The van der Waals surface area contributed by atoms with Crippen molar-refractivity contribution in [3.8, 4) is 17.1 Å². The largest absolute Gasteiger partial charge is 0.497 e. The molecular formula is C19H14ClF3N2O3. The van der Waals surface area contributed by atoms with Gasteiger partial charge in [0, 0.05) is 11.6 Å². The van der Waals surface area contributed by atoms with Crippen LogP contribution in [-0.2, 0) is 17.4 Å². The smallest absolute Gasteiger partial charge is 0.416 e. The Morgan fingerprint density at radius 2 is 1.89 bits per heavy atom. The van der Waals surface area contributed by atoms with Crippen molar-refractivity contribution < 1.29 is 27.2 Å². The van der Waals surface area contributed by atoms with Crippen molar-refractivity contribution in [2.75, 3.05) is 12.4 Å². The van der Waals surface area contributed by atoms with Gasteiger partial charge in [-0.3, -0.25) is 4.79 Å². The summed E-state index contributed by atoms with van der Waals surface area (Å²) < 4.78 is 48.7. The first-order valence-electron chi connectivity index (χ1n) is 8.03. The van der Waals surface area contributed by atoms with Gasteiger partial charge < -0.3 is 14.6 Å². The van der Waals surface area contributed by atoms with Crippen LogP contribution in [0, 0.1) is 0 Å². The Balaban J connectivity index is 1.70. The Hall–Kier alpha value is -3.00. The molecule has 0 fully saturated rings. The minimum atomic E-state index is -4.54. The van der Waals surface area contributed by atoms with Crippen LogP contribution in [-0.4, -0.2) is 18.2 Å². The van der Waals surface area contributed by atoms with Crippen LogP contribution >= 0.6 is 11.6 Å². The molecule has 28 heavy (non-hydrogen) atoms. The highest BCUT2D eigenvalue weighted by molar-refractivity contribution is 6.33. The molecule has 0 saturated carbocycles. The SMILES string of the molecule is COc1ccc(-c2cc(CC(=O)Nc3cc(C(F)(F)F)ccc3Cl)no2)cc1. The predicted molar refractivity (Wildman–Crippen MR) is 97.3 cm³/mol. The Bertz CT molecular complexity index is 985. The predicted octanol–water partition coefficient (Wildman–Crippen LogP) is 5.20. The van der Waals surface area contributed by atoms with Crippen LogP contribution in [0.5, 0.6) is 5.75 Å². The number of carbonyl (C=O) groups excluding carboxylic acids is 1. The van der Waals surface area contributed by atoms with Gasteiger partial charge in [-0.2, -0.15) is 13.2 Å². The second-order valence-corrected chi connectivity index (χ2v) is 6.24. The van der Waals surface area contributed by atoms with Crippen LogP contribution < -0.4 is 10.1 Å². The summed E-state index contributed by atoms with van der Waals surface area (Å²) in [5.74, 6) is 0.555. The van der Waals surface area contributed by atoms with E-state index in [1.165, 1.54) is 0 Å². The number of nitrogens with one attached hydrogen (secondary N) is 1. The van der Waals surface area contributed by atoms with Gasteiger partial charge in [0.25, 0.3) is 0 Å². The zero-order chi connectivity index (χ0) is 20.3. The van der Waals surface area contributed by atoms with Gasteiger partial charge in [-0.05, 0) is 42.5 Å². The molecule has 146 valence electrons. The number of aromatic nitrogens is 1. The van der Waals surface area contributed by atoms with E-state index in [1.54, 1.807) is 37.4 Å². The molecule has 5 nitrogen and oxygen atoms in total. The highest BCUT2D eigenvalue weighted by Crippen LogP contribution is 2.34. The number of ether oxygens (including phenoxy) is 1. The minimum Gasteiger partial charge on any atom is -0.497 e. The maximum absolute atomic E-state index is 12.8. The second-order valence-electron chi connectivity index (χ2n) is 5.83. The molecule has 1 aromatic heterocycles. The Kier molecular flexibility index (Phi) is 5.60. The van der Waals surface area contributed by atoms with Gasteiger partial charge in [0.1, 0.15) is 5.75 Å². The van der Waals surface area contributed by atoms with Crippen LogP contribution in [0.15, 0.2) is 53.1 Å². The van der Waals surface area contributed by atoms with Crippen LogP contribution in [0.2, 0.25) is 5.02 Å². The molecule has 1 heterocycles. The fourth-order valence-electron chi connectivity index (χ4n) is 2.44. The highest BCUT2D eigenvalue weighted by atomic mass is 35.5. The first-order valence-corrected chi connectivity index (χ1v) is 8.40. The number of hydrogen-bond donors (Lipinski definition) is 1. The number of halogens is 4. The molecule has 9 heteroatoms. The fourth-order valence-corrected chi connectivity index (χ4v) is 2.61. The number of methoxy groups -OCH3 is 1. The highest BCUT2D eigenvalue weighted by Gasteiger charge is 2.31. The molecule has 0 atom stereocenters. The Morgan fingerprint density at radius 3 is 2.54 bits per heavy atom. The molecule has 0 spiro atoms. The summed E-state index contributed by atoms with van der Waals surface area (Å²) in [5.41, 5.74) is 0.0306. The Labute approximate surface area is 163 Å². The summed E-state index contributed by atoms with van der Waals surface area (Å²) in [6, 6.07) is 11.3. The van der Waals surface area contributed by atoms with E-state index >= 15 is 0 Å². The quantitative estimate of drug-likeness (QED) is 0.627. The number of amides is 1. The number of hydrogen-bond acceptors (Lipinski definition) is 4. The summed E-state index contributed by atoms with van der Waals surface area (Å²) in [5, 5.41) is 6.18. The third kappa shape index (κ3) is 4.64. The first-order chi connectivity index (χ1) is 13.3. The average molecular weight is 411 g/mol. The molecule has 0 saturated heterocycles. The molecular weight excluding hydrogens is 397 g/mol. The summed E-state index contributed by atoms with van der Waals surface area (Å²) in [7, 11) is 1.55. The number of rotatable bonds is 5. The molecule has 0 aliphatic rings. The molecule has 0 unspecified atom stereocenters. The van der Waals surface area contributed by atoms with Gasteiger partial charge in [-0.1, -0.05) is 16.8 Å². The van der Waals surface area contributed by atoms with Crippen molar-refractivity contribution in [1.29, 1.82) is 0 Å². The molecule has 0 aliphatic carbocycles. The lowest BCUT2D eigenvalue weighted by molar-refractivity contribution is -0.137. The van der Waals surface area contributed by atoms with E-state index in [0.717, 1.165) is 23.8 Å². The average Bonchev–Trinajstić information content (AvgIpc) is 3.11. The second kappa shape index (κ2) is 7.93. The number of benzene rings is 2. The summed E-state index contributed by atoms with van der Waals surface area (Å²) in [4.78, 5) is 12.2. The van der Waals surface area contributed by atoms with Gasteiger partial charge in [0.05, 0.1) is 35.5 Å². The van der Waals surface area contributed by atoms with E-state index in [2.05, 4.69) is 10.5 Å². The maximum atomic E-state index is 12.8. The molecule has 1 N–H and O–H groups in total. The van der Waals surface area contributed by atoms with Crippen molar-refractivity contribution in [1.82, 2.24) is 5.16 Å². The molecule has 0 aliphatic heterocycles. The van der Waals surface area contributed by atoms with Crippen LogP contribution in [0.1, 0.15) is 11.3 Å². The van der Waals surface area contributed by atoms with Crippen molar-refractivity contribution in [2.45, 2.75) is 12.6 Å². The van der Waals surface area contributed by atoms with E-state index in [1.807, 2.05) is 0 Å². The maximum Gasteiger partial charge on any atom is 0.416 e. The topological polar surface area (TPSA) is 64.4 Å². The van der Waals surface area contributed by atoms with Crippen molar-refractivity contribution in [3.05, 3.63) is 64.8 Å². The number of alkyl halides is 3. The van der Waals surface area contributed by atoms with Crippen LogP contribution in [0.3, 0.4) is 0 Å². The first kappa shape index (κ1) is 19.8. The Morgan fingerprint density at radius 1 is 1.18 bits per heavy atom. The van der Waals surface area contributed by atoms with E-state index in [-0.39, 0.29) is 17.1 Å². The number of carbonyl (C=O) groups is 1. The summed E-state index contributed by atoms with van der Waals surface area (Å²) >= 11 is 5.88. The summed E-state index contributed by atoms with van der Waals surface area (Å²) in [6.07, 6.45) is -4.73.